The Morgan fingerprint density at radius 1 is 1.29 bits per heavy atom. The fourth-order valence-corrected chi connectivity index (χ4v) is 6.23. The van der Waals surface area contributed by atoms with Gasteiger partial charge in [0.2, 0.25) is 5.16 Å². The van der Waals surface area contributed by atoms with Crippen LogP contribution in [-0.2, 0) is 19.2 Å². The number of β-lactam (4-membered cyclic amide) rings is 1. The number of amides is 2. The molecule has 1 aromatic heterocycles. The number of rotatable bonds is 9. The topological polar surface area (TPSA) is 219 Å². The van der Waals surface area contributed by atoms with Gasteiger partial charge in [0.1, 0.15) is 22.9 Å². The fraction of sp³-hybridized carbons (Fsp3) is 0.316. The van der Waals surface area contributed by atoms with Gasteiger partial charge >= 0.3 is 11.9 Å². The number of H-pyrrole nitrogens is 1. The van der Waals surface area contributed by atoms with Gasteiger partial charge in [-0.15, -0.1) is 22.0 Å². The predicted molar refractivity (Wildman–Crippen MR) is 119 cm³/mol. The number of carboxylic acids is 2. The highest BCUT2D eigenvalue weighted by molar-refractivity contribution is 8.01. The van der Waals surface area contributed by atoms with Gasteiger partial charge in [0, 0.05) is 16.6 Å². The number of thioether (sulfide) groups is 2. The SMILES string of the molecule is O=C(O)CC(Sc1nn[nH]n1)C1=C(C(=O)O)N2C(=O)C(NC(=O)C(O)c3ccccc3O)[C@@H]2SC1. The second-order valence-corrected chi connectivity index (χ2v) is 9.71. The van der Waals surface area contributed by atoms with Crippen LogP contribution in [0.1, 0.15) is 18.1 Å². The van der Waals surface area contributed by atoms with Gasteiger partial charge in [-0.2, -0.15) is 5.21 Å². The number of fused-ring (bicyclic) bond motifs is 1. The van der Waals surface area contributed by atoms with Crippen LogP contribution in [0.3, 0.4) is 0 Å². The monoisotopic (exact) mass is 522 g/mol. The number of nitrogens with one attached hydrogen (secondary N) is 2. The Morgan fingerprint density at radius 2 is 2.03 bits per heavy atom. The number of phenols is 1. The van der Waals surface area contributed by atoms with E-state index in [1.165, 1.54) is 24.3 Å². The zero-order valence-corrected chi connectivity index (χ0v) is 19.2. The molecule has 184 valence electrons. The van der Waals surface area contributed by atoms with E-state index in [-0.39, 0.29) is 33.5 Å². The molecule has 1 saturated heterocycles. The summed E-state index contributed by atoms with van der Waals surface area (Å²) in [7, 11) is 0. The number of para-hydroxylation sites is 1. The highest BCUT2D eigenvalue weighted by Gasteiger charge is 2.55. The van der Waals surface area contributed by atoms with Crippen molar-refractivity contribution in [2.75, 3.05) is 5.75 Å². The molecule has 1 fully saturated rings. The van der Waals surface area contributed by atoms with Gasteiger partial charge in [-0.05, 0) is 16.9 Å². The van der Waals surface area contributed by atoms with E-state index in [0.717, 1.165) is 28.4 Å². The summed E-state index contributed by atoms with van der Waals surface area (Å²) in [5, 5.41) is 53.3. The molecule has 3 unspecified atom stereocenters. The maximum atomic E-state index is 12.9. The lowest BCUT2D eigenvalue weighted by Crippen LogP contribution is -2.71. The summed E-state index contributed by atoms with van der Waals surface area (Å²) in [5.74, 6) is -4.52. The van der Waals surface area contributed by atoms with Crippen LogP contribution in [0, 0.1) is 0 Å². The number of aliphatic carboxylic acids is 2. The lowest BCUT2D eigenvalue weighted by molar-refractivity contribution is -0.151. The predicted octanol–water partition coefficient (Wildman–Crippen LogP) is -0.687. The molecule has 14 nitrogen and oxygen atoms in total. The molecule has 4 rings (SSSR count). The number of carbonyl (C=O) groups excluding carboxylic acids is 2. The number of nitrogens with zero attached hydrogens (tertiary/aromatic N) is 4. The van der Waals surface area contributed by atoms with E-state index >= 15 is 0 Å². The summed E-state index contributed by atoms with van der Waals surface area (Å²) in [6, 6.07) is 4.56. The molecule has 0 aliphatic carbocycles. The first-order valence-corrected chi connectivity index (χ1v) is 11.9. The summed E-state index contributed by atoms with van der Waals surface area (Å²) >= 11 is 2.04. The van der Waals surface area contributed by atoms with Gasteiger partial charge in [0.25, 0.3) is 11.8 Å². The summed E-state index contributed by atoms with van der Waals surface area (Å²) in [5.41, 5.74) is -0.218. The van der Waals surface area contributed by atoms with Gasteiger partial charge in [0.05, 0.1) is 6.42 Å². The number of aromatic nitrogens is 4. The first-order chi connectivity index (χ1) is 16.7. The normalized spacial score (nSPS) is 21.1. The van der Waals surface area contributed by atoms with Crippen molar-refractivity contribution in [1.82, 2.24) is 30.8 Å². The smallest absolute Gasteiger partial charge is 0.352 e. The zero-order chi connectivity index (χ0) is 25.3. The zero-order valence-electron chi connectivity index (χ0n) is 17.6. The molecule has 3 heterocycles. The van der Waals surface area contributed by atoms with Crippen molar-refractivity contribution in [2.45, 2.75) is 34.3 Å². The molecular formula is C19H18N6O8S2. The van der Waals surface area contributed by atoms with Gasteiger partial charge in [-0.25, -0.2) is 4.79 Å². The van der Waals surface area contributed by atoms with Crippen LogP contribution in [0.4, 0.5) is 0 Å². The minimum absolute atomic E-state index is 0.0478. The number of aliphatic hydroxyl groups is 1. The molecule has 2 amide bonds. The van der Waals surface area contributed by atoms with E-state index in [9.17, 15) is 39.6 Å². The van der Waals surface area contributed by atoms with Gasteiger partial charge in [-0.3, -0.25) is 19.3 Å². The van der Waals surface area contributed by atoms with E-state index in [4.69, 9.17) is 0 Å². The number of aromatic amines is 1. The Labute approximate surface area is 204 Å². The standard InChI is InChI=1S/C19H18N6O8S2/c26-9-4-2-1-3-7(9)14(29)15(30)20-12-16(31)25-13(18(32)33)8(6-34-17(12)25)10(5-11(27)28)35-19-21-23-24-22-19/h1-4,10,12,14,17,26,29H,5-6H2,(H,20,30)(H,27,28)(H,32,33)(H,21,22,23,24)/t10?,12?,14?,17-/m0/s1. The maximum absolute atomic E-state index is 12.9. The van der Waals surface area contributed by atoms with Crippen molar-refractivity contribution < 1.29 is 39.6 Å². The first-order valence-electron chi connectivity index (χ1n) is 9.98. The lowest BCUT2D eigenvalue weighted by Gasteiger charge is -2.50. The molecule has 4 atom stereocenters. The second-order valence-electron chi connectivity index (χ2n) is 7.44. The third kappa shape index (κ3) is 4.80. The van der Waals surface area contributed by atoms with Crippen LogP contribution in [0.5, 0.6) is 5.75 Å². The van der Waals surface area contributed by atoms with Crippen LogP contribution >= 0.6 is 23.5 Å². The van der Waals surface area contributed by atoms with Crippen LogP contribution < -0.4 is 5.32 Å². The van der Waals surface area contributed by atoms with Crippen molar-refractivity contribution in [3.63, 3.8) is 0 Å². The number of carbonyl (C=O) groups is 4. The van der Waals surface area contributed by atoms with Crippen LogP contribution in [0.25, 0.3) is 0 Å². The first kappa shape index (κ1) is 24.5. The van der Waals surface area contributed by atoms with Gasteiger partial charge in [0.15, 0.2) is 6.10 Å². The van der Waals surface area contributed by atoms with Crippen molar-refractivity contribution in [3.8, 4) is 5.75 Å². The van der Waals surface area contributed by atoms with Crippen molar-refractivity contribution in [2.24, 2.45) is 0 Å². The lowest BCUT2D eigenvalue weighted by atomic mass is 9.99. The van der Waals surface area contributed by atoms with E-state index in [0.29, 0.717) is 0 Å². The molecule has 0 bridgehead atoms. The number of benzene rings is 1. The molecule has 0 saturated carbocycles. The number of phenolic OH excluding ortho intramolecular Hbond substituents is 1. The average Bonchev–Trinajstić information content (AvgIpc) is 3.33. The molecule has 35 heavy (non-hydrogen) atoms. The van der Waals surface area contributed by atoms with Crippen molar-refractivity contribution in [3.05, 3.63) is 41.1 Å². The summed E-state index contributed by atoms with van der Waals surface area (Å²) < 4.78 is 0. The van der Waals surface area contributed by atoms with Crippen molar-refractivity contribution >= 4 is 47.3 Å². The van der Waals surface area contributed by atoms with Crippen molar-refractivity contribution in [1.29, 1.82) is 0 Å². The van der Waals surface area contributed by atoms with E-state index < -0.39 is 52.9 Å². The third-order valence-electron chi connectivity index (χ3n) is 5.30. The van der Waals surface area contributed by atoms with Gasteiger partial charge in [-0.1, -0.05) is 30.0 Å². The molecule has 2 aliphatic heterocycles. The number of hydrogen-bond donors (Lipinski definition) is 6. The molecule has 6 N–H and O–H groups in total. The molecule has 2 aromatic rings. The molecule has 16 heteroatoms. The number of carboxylic acid groups (broad SMARTS) is 2. The largest absolute Gasteiger partial charge is 0.508 e. The number of aliphatic hydroxyl groups excluding tert-OH is 1. The Balaban J connectivity index is 1.55. The maximum Gasteiger partial charge on any atom is 0.352 e. The van der Waals surface area contributed by atoms with Crippen LogP contribution in [0.2, 0.25) is 0 Å². The Morgan fingerprint density at radius 3 is 2.66 bits per heavy atom. The summed E-state index contributed by atoms with van der Waals surface area (Å²) in [6.07, 6.45) is -2.20. The Kier molecular flexibility index (Phi) is 6.95. The van der Waals surface area contributed by atoms with E-state index in [1.54, 1.807) is 0 Å². The Hall–Kier alpha value is -3.63. The Bertz CT molecular complexity index is 1210. The minimum Gasteiger partial charge on any atom is -0.508 e. The van der Waals surface area contributed by atoms with Crippen LogP contribution in [0.15, 0.2) is 40.7 Å². The number of tetrazole rings is 1. The van der Waals surface area contributed by atoms with Crippen LogP contribution in [-0.4, -0.2) is 92.1 Å². The fourth-order valence-electron chi connectivity index (χ4n) is 3.71. The molecular weight excluding hydrogens is 504 g/mol. The number of hydrogen-bond acceptors (Lipinski definition) is 11. The third-order valence-corrected chi connectivity index (χ3v) is 7.72. The summed E-state index contributed by atoms with van der Waals surface area (Å²) in [6.45, 7) is 0. The molecule has 1 aromatic carbocycles. The molecule has 0 spiro atoms. The summed E-state index contributed by atoms with van der Waals surface area (Å²) in [4.78, 5) is 50.0. The average molecular weight is 523 g/mol. The van der Waals surface area contributed by atoms with E-state index in [2.05, 4.69) is 25.9 Å². The van der Waals surface area contributed by atoms with E-state index in [1.807, 2.05) is 0 Å². The second kappa shape index (κ2) is 9.93. The number of aromatic hydroxyl groups is 1. The minimum atomic E-state index is -1.75. The highest BCUT2D eigenvalue weighted by Crippen LogP contribution is 2.44. The molecule has 0 radical (unpaired) electrons. The quantitative estimate of drug-likeness (QED) is 0.178. The highest BCUT2D eigenvalue weighted by atomic mass is 32.2. The molecule has 2 aliphatic rings. The van der Waals surface area contributed by atoms with Gasteiger partial charge < -0.3 is 25.7 Å².